The van der Waals surface area contributed by atoms with Crippen molar-refractivity contribution in [1.29, 1.82) is 0 Å². The van der Waals surface area contributed by atoms with E-state index in [0.29, 0.717) is 29.1 Å². The van der Waals surface area contributed by atoms with Crippen molar-refractivity contribution in [2.45, 2.75) is 6.54 Å². The van der Waals surface area contributed by atoms with Gasteiger partial charge >= 0.3 is 0 Å². The fourth-order valence-electron chi connectivity index (χ4n) is 2.49. The van der Waals surface area contributed by atoms with Crippen LogP contribution < -0.4 is 24.3 Å². The number of ether oxygens (including phenoxy) is 4. The van der Waals surface area contributed by atoms with Crippen LogP contribution in [0.1, 0.15) is 15.9 Å². The van der Waals surface area contributed by atoms with Crippen molar-refractivity contribution in [3.05, 3.63) is 51.6 Å². The zero-order valence-electron chi connectivity index (χ0n) is 16.1. The highest BCUT2D eigenvalue weighted by Gasteiger charge is 2.15. The van der Waals surface area contributed by atoms with Gasteiger partial charge in [0.1, 0.15) is 11.5 Å². The minimum Gasteiger partial charge on any atom is -0.496 e. The highest BCUT2D eigenvalue weighted by molar-refractivity contribution is 5.82. The van der Waals surface area contributed by atoms with Crippen molar-refractivity contribution in [2.24, 2.45) is 0 Å². The number of rotatable bonds is 10. The molecule has 29 heavy (non-hydrogen) atoms. The van der Waals surface area contributed by atoms with Crippen LogP contribution in [-0.2, 0) is 11.3 Å². The number of carbonyl (C=O) groups is 2. The number of aldehydes is 1. The standard InChI is InChI=1S/C19H20N2O8/c1-26-16-8-18(28-3)17(27-2)7-12(16)9-20-19(23)11-29-15-5-4-14(21(24)25)6-13(15)10-22/h4-8,10H,9,11H2,1-3H3,(H,20,23). The minimum absolute atomic E-state index is 0.0199. The second-order valence-electron chi connectivity index (χ2n) is 5.68. The Morgan fingerprint density at radius 2 is 1.69 bits per heavy atom. The summed E-state index contributed by atoms with van der Waals surface area (Å²) < 4.78 is 21.1. The van der Waals surface area contributed by atoms with Gasteiger partial charge in [0.25, 0.3) is 11.6 Å². The van der Waals surface area contributed by atoms with Crippen LogP contribution in [0.3, 0.4) is 0 Å². The number of nitro benzene ring substituents is 1. The van der Waals surface area contributed by atoms with E-state index in [1.165, 1.54) is 33.5 Å². The summed E-state index contributed by atoms with van der Waals surface area (Å²) in [6.07, 6.45) is 0.425. The molecular formula is C19H20N2O8. The van der Waals surface area contributed by atoms with E-state index in [1.54, 1.807) is 12.1 Å². The van der Waals surface area contributed by atoms with Crippen LogP contribution in [0, 0.1) is 10.1 Å². The molecule has 0 unspecified atom stereocenters. The molecule has 2 aromatic carbocycles. The number of nitro groups is 1. The van der Waals surface area contributed by atoms with E-state index >= 15 is 0 Å². The zero-order valence-corrected chi connectivity index (χ0v) is 16.1. The lowest BCUT2D eigenvalue weighted by Gasteiger charge is -2.15. The van der Waals surface area contributed by atoms with Gasteiger partial charge in [-0.1, -0.05) is 0 Å². The van der Waals surface area contributed by atoms with E-state index in [2.05, 4.69) is 5.32 Å². The van der Waals surface area contributed by atoms with Gasteiger partial charge in [-0.3, -0.25) is 19.7 Å². The Hall–Kier alpha value is -3.82. The Kier molecular flexibility index (Phi) is 7.35. The molecule has 2 rings (SSSR count). The Morgan fingerprint density at radius 1 is 1.03 bits per heavy atom. The molecule has 0 fully saturated rings. The van der Waals surface area contributed by atoms with Crippen LogP contribution in [0.15, 0.2) is 30.3 Å². The molecule has 0 atom stereocenters. The van der Waals surface area contributed by atoms with E-state index in [0.717, 1.165) is 6.07 Å². The number of nitrogens with zero attached hydrogens (tertiary/aromatic N) is 1. The molecular weight excluding hydrogens is 384 g/mol. The molecule has 10 heteroatoms. The van der Waals surface area contributed by atoms with Gasteiger partial charge in [-0.15, -0.1) is 0 Å². The maximum atomic E-state index is 12.1. The number of amides is 1. The van der Waals surface area contributed by atoms with Gasteiger partial charge in [0.2, 0.25) is 0 Å². The molecule has 0 aliphatic rings. The number of benzene rings is 2. The fraction of sp³-hybridized carbons (Fsp3) is 0.263. The first-order valence-corrected chi connectivity index (χ1v) is 8.35. The van der Waals surface area contributed by atoms with Gasteiger partial charge in [0.15, 0.2) is 24.4 Å². The van der Waals surface area contributed by atoms with Gasteiger partial charge in [-0.2, -0.15) is 0 Å². The lowest BCUT2D eigenvalue weighted by atomic mass is 10.1. The number of nitrogens with one attached hydrogen (secondary N) is 1. The molecule has 0 bridgehead atoms. The normalized spacial score (nSPS) is 10.0. The molecule has 0 saturated carbocycles. The summed E-state index contributed by atoms with van der Waals surface area (Å²) in [5.74, 6) is 1.08. The zero-order chi connectivity index (χ0) is 21.4. The lowest BCUT2D eigenvalue weighted by molar-refractivity contribution is -0.384. The van der Waals surface area contributed by atoms with Crippen molar-refractivity contribution in [3.63, 3.8) is 0 Å². The largest absolute Gasteiger partial charge is 0.496 e. The Labute approximate surface area is 166 Å². The van der Waals surface area contributed by atoms with Crippen molar-refractivity contribution >= 4 is 17.9 Å². The summed E-state index contributed by atoms with van der Waals surface area (Å²) in [4.78, 5) is 33.4. The van der Waals surface area contributed by atoms with Crippen LogP contribution in [0.25, 0.3) is 0 Å². The molecule has 0 heterocycles. The van der Waals surface area contributed by atoms with Crippen molar-refractivity contribution in [2.75, 3.05) is 27.9 Å². The maximum Gasteiger partial charge on any atom is 0.270 e. The maximum absolute atomic E-state index is 12.1. The predicted molar refractivity (Wildman–Crippen MR) is 102 cm³/mol. The molecule has 0 aliphatic heterocycles. The third-order valence-corrected chi connectivity index (χ3v) is 3.95. The van der Waals surface area contributed by atoms with Gasteiger partial charge in [-0.25, -0.2) is 0 Å². The summed E-state index contributed by atoms with van der Waals surface area (Å²) in [7, 11) is 4.49. The Morgan fingerprint density at radius 3 is 2.28 bits per heavy atom. The third kappa shape index (κ3) is 5.34. The second-order valence-corrected chi connectivity index (χ2v) is 5.68. The molecule has 1 N–H and O–H groups in total. The smallest absolute Gasteiger partial charge is 0.270 e. The first-order valence-electron chi connectivity index (χ1n) is 8.35. The number of methoxy groups -OCH3 is 3. The topological polar surface area (TPSA) is 126 Å². The van der Waals surface area contributed by atoms with Gasteiger partial charge in [0, 0.05) is 30.3 Å². The van der Waals surface area contributed by atoms with E-state index < -0.39 is 10.8 Å². The molecule has 0 saturated heterocycles. The molecule has 154 valence electrons. The van der Waals surface area contributed by atoms with Crippen LogP contribution in [0.5, 0.6) is 23.0 Å². The lowest BCUT2D eigenvalue weighted by Crippen LogP contribution is -2.28. The van der Waals surface area contributed by atoms with Crippen LogP contribution in [0.2, 0.25) is 0 Å². The van der Waals surface area contributed by atoms with Crippen LogP contribution >= 0.6 is 0 Å². The first-order chi connectivity index (χ1) is 13.9. The molecule has 2 aromatic rings. The summed E-state index contributed by atoms with van der Waals surface area (Å²) in [5.41, 5.74) is 0.389. The van der Waals surface area contributed by atoms with Crippen molar-refractivity contribution in [3.8, 4) is 23.0 Å². The second kappa shape index (κ2) is 9.93. The Balaban J connectivity index is 2.02. The summed E-state index contributed by atoms with van der Waals surface area (Å²) in [5, 5.41) is 13.4. The van der Waals surface area contributed by atoms with Gasteiger partial charge < -0.3 is 24.3 Å². The van der Waals surface area contributed by atoms with E-state index in [9.17, 15) is 19.7 Å². The van der Waals surface area contributed by atoms with Crippen molar-refractivity contribution in [1.82, 2.24) is 5.32 Å². The quantitative estimate of drug-likeness (QED) is 0.363. The van der Waals surface area contributed by atoms with E-state index in [1.807, 2.05) is 0 Å². The molecule has 10 nitrogen and oxygen atoms in total. The van der Waals surface area contributed by atoms with Crippen LogP contribution in [0.4, 0.5) is 5.69 Å². The van der Waals surface area contributed by atoms with Crippen molar-refractivity contribution < 1.29 is 33.5 Å². The van der Waals surface area contributed by atoms with Gasteiger partial charge in [0.05, 0.1) is 31.8 Å². The number of hydrogen-bond acceptors (Lipinski definition) is 8. The van der Waals surface area contributed by atoms with Gasteiger partial charge in [-0.05, 0) is 12.1 Å². The van der Waals surface area contributed by atoms with Crippen LogP contribution in [-0.4, -0.2) is 45.1 Å². The first kappa shape index (κ1) is 21.5. The third-order valence-electron chi connectivity index (χ3n) is 3.95. The summed E-state index contributed by atoms with van der Waals surface area (Å²) in [6.45, 7) is -0.249. The molecule has 0 radical (unpaired) electrons. The Bertz CT molecular complexity index is 913. The number of hydrogen-bond donors (Lipinski definition) is 1. The summed E-state index contributed by atoms with van der Waals surface area (Å²) >= 11 is 0. The molecule has 0 spiro atoms. The molecule has 1 amide bonds. The molecule has 0 aromatic heterocycles. The minimum atomic E-state index is -0.625. The van der Waals surface area contributed by atoms with E-state index in [-0.39, 0.29) is 30.2 Å². The number of carbonyl (C=O) groups excluding carboxylic acids is 2. The highest BCUT2D eigenvalue weighted by atomic mass is 16.6. The average molecular weight is 404 g/mol. The number of non-ortho nitro benzene ring substituents is 1. The van der Waals surface area contributed by atoms with E-state index in [4.69, 9.17) is 18.9 Å². The highest BCUT2D eigenvalue weighted by Crippen LogP contribution is 2.34. The average Bonchev–Trinajstić information content (AvgIpc) is 2.75. The fourth-order valence-corrected chi connectivity index (χ4v) is 2.49. The monoisotopic (exact) mass is 404 g/mol. The SMILES string of the molecule is COc1cc(OC)c(OC)cc1CNC(=O)COc1ccc([N+](=O)[O-])cc1C=O. The molecule has 0 aliphatic carbocycles. The predicted octanol–water partition coefficient (Wildman–Crippen LogP) is 2.13. The summed E-state index contributed by atoms with van der Waals surface area (Å²) in [6, 6.07) is 6.86.